The Morgan fingerprint density at radius 2 is 2.21 bits per heavy atom. The number of rotatable bonds is 4. The number of hydrogen-bond acceptors (Lipinski definition) is 4. The van der Waals surface area contributed by atoms with Gasteiger partial charge in [0.1, 0.15) is 5.01 Å². The Morgan fingerprint density at radius 1 is 1.42 bits per heavy atom. The number of aryl methyl sites for hydroxylation is 1. The van der Waals surface area contributed by atoms with Crippen molar-refractivity contribution in [2.45, 2.75) is 12.8 Å². The lowest BCUT2D eigenvalue weighted by atomic mass is 10.2. The average Bonchev–Trinajstić information content (AvgIpc) is 2.87. The van der Waals surface area contributed by atoms with Gasteiger partial charge in [-0.05, 0) is 6.07 Å². The molecular formula is C13H11Cl2NO2S. The van der Waals surface area contributed by atoms with Gasteiger partial charge in [0.05, 0.1) is 29.3 Å². The van der Waals surface area contributed by atoms with E-state index in [9.17, 15) is 4.79 Å². The van der Waals surface area contributed by atoms with Gasteiger partial charge >= 0.3 is 5.97 Å². The highest BCUT2D eigenvalue weighted by atomic mass is 35.5. The second-order valence-electron chi connectivity index (χ2n) is 3.82. The number of aromatic nitrogens is 1. The smallest absolute Gasteiger partial charge is 0.305 e. The molecule has 3 nitrogen and oxygen atoms in total. The molecule has 0 fully saturated rings. The molecule has 19 heavy (non-hydrogen) atoms. The van der Waals surface area contributed by atoms with Gasteiger partial charge in [0.15, 0.2) is 0 Å². The van der Waals surface area contributed by atoms with Gasteiger partial charge in [0.2, 0.25) is 0 Å². The maximum absolute atomic E-state index is 11.1. The van der Waals surface area contributed by atoms with E-state index in [1.807, 2.05) is 17.5 Å². The molecule has 1 aromatic carbocycles. The van der Waals surface area contributed by atoms with E-state index >= 15 is 0 Å². The van der Waals surface area contributed by atoms with Crippen molar-refractivity contribution in [1.82, 2.24) is 4.98 Å². The Kier molecular flexibility index (Phi) is 4.80. The molecule has 0 saturated carbocycles. The minimum absolute atomic E-state index is 0.240. The van der Waals surface area contributed by atoms with Crippen LogP contribution in [-0.4, -0.2) is 18.1 Å². The first-order valence-corrected chi connectivity index (χ1v) is 7.21. The number of thiazole rings is 1. The molecule has 2 aromatic rings. The van der Waals surface area contributed by atoms with Crippen molar-refractivity contribution in [1.29, 1.82) is 0 Å². The Labute approximate surface area is 125 Å². The van der Waals surface area contributed by atoms with Crippen molar-refractivity contribution in [3.63, 3.8) is 0 Å². The number of carbonyl (C=O) groups excluding carboxylic acids is 1. The van der Waals surface area contributed by atoms with Crippen molar-refractivity contribution >= 4 is 40.5 Å². The molecule has 0 spiro atoms. The van der Waals surface area contributed by atoms with Crippen LogP contribution >= 0.6 is 34.5 Å². The van der Waals surface area contributed by atoms with Crippen molar-refractivity contribution in [2.24, 2.45) is 0 Å². The lowest BCUT2D eigenvalue weighted by Crippen LogP contribution is -2.01. The predicted molar refractivity (Wildman–Crippen MR) is 77.9 cm³/mol. The highest BCUT2D eigenvalue weighted by Gasteiger charge is 2.11. The lowest BCUT2D eigenvalue weighted by molar-refractivity contribution is -0.140. The van der Waals surface area contributed by atoms with Crippen molar-refractivity contribution in [2.75, 3.05) is 7.11 Å². The summed E-state index contributed by atoms with van der Waals surface area (Å²) in [6.07, 6.45) is 0.879. The Bertz CT molecular complexity index is 598. The third kappa shape index (κ3) is 3.47. The van der Waals surface area contributed by atoms with E-state index in [1.54, 1.807) is 6.07 Å². The fourth-order valence-corrected chi connectivity index (χ4v) is 2.88. The number of ether oxygens (including phenoxy) is 1. The van der Waals surface area contributed by atoms with Crippen molar-refractivity contribution in [3.05, 3.63) is 39.3 Å². The second-order valence-corrected chi connectivity index (χ2v) is 5.46. The molecule has 0 amide bonds. The average molecular weight is 316 g/mol. The zero-order valence-corrected chi connectivity index (χ0v) is 12.5. The summed E-state index contributed by atoms with van der Waals surface area (Å²) < 4.78 is 4.60. The second kappa shape index (κ2) is 6.37. The summed E-state index contributed by atoms with van der Waals surface area (Å²) in [5, 5.41) is 3.71. The summed E-state index contributed by atoms with van der Waals surface area (Å²) in [6.45, 7) is 0. The number of methoxy groups -OCH3 is 1. The number of benzene rings is 1. The summed E-state index contributed by atoms with van der Waals surface area (Å²) in [7, 11) is 1.38. The lowest BCUT2D eigenvalue weighted by Gasteiger charge is -2.01. The molecule has 0 atom stereocenters. The highest BCUT2D eigenvalue weighted by molar-refractivity contribution is 7.13. The van der Waals surface area contributed by atoms with Crippen LogP contribution in [0.5, 0.6) is 0 Å². The molecular weight excluding hydrogens is 305 g/mol. The minimum Gasteiger partial charge on any atom is -0.469 e. The van der Waals surface area contributed by atoms with E-state index in [0.29, 0.717) is 22.9 Å². The molecule has 0 unspecified atom stereocenters. The van der Waals surface area contributed by atoms with Crippen LogP contribution in [0.3, 0.4) is 0 Å². The number of esters is 1. The summed E-state index contributed by atoms with van der Waals surface area (Å²) in [5.41, 5.74) is 1.66. The third-order valence-corrected chi connectivity index (χ3v) is 4.29. The van der Waals surface area contributed by atoms with Crippen LogP contribution in [0.4, 0.5) is 0 Å². The monoisotopic (exact) mass is 315 g/mol. The van der Waals surface area contributed by atoms with E-state index in [4.69, 9.17) is 23.2 Å². The molecule has 0 aliphatic carbocycles. The highest BCUT2D eigenvalue weighted by Crippen LogP contribution is 2.35. The normalized spacial score (nSPS) is 10.5. The van der Waals surface area contributed by atoms with Crippen molar-refractivity contribution in [3.8, 4) is 10.6 Å². The number of carbonyl (C=O) groups is 1. The fraction of sp³-hybridized carbons (Fsp3) is 0.231. The van der Waals surface area contributed by atoms with Gasteiger partial charge < -0.3 is 4.74 Å². The number of nitrogens with zero attached hydrogens (tertiary/aromatic N) is 1. The van der Waals surface area contributed by atoms with Crippen LogP contribution in [0.2, 0.25) is 10.0 Å². The zero-order chi connectivity index (χ0) is 13.8. The zero-order valence-electron chi connectivity index (χ0n) is 10.2. The van der Waals surface area contributed by atoms with Gasteiger partial charge in [-0.15, -0.1) is 11.3 Å². The Hall–Kier alpha value is -1.10. The molecule has 0 bridgehead atoms. The van der Waals surface area contributed by atoms with Gasteiger partial charge in [-0.1, -0.05) is 35.3 Å². The van der Waals surface area contributed by atoms with E-state index in [0.717, 1.165) is 16.3 Å². The molecule has 0 saturated heterocycles. The SMILES string of the molecule is COC(=O)CCc1csc(-c2cccc(Cl)c2Cl)n1. The molecule has 0 radical (unpaired) electrons. The predicted octanol–water partition coefficient (Wildman–Crippen LogP) is 4.22. The van der Waals surface area contributed by atoms with E-state index in [2.05, 4.69) is 9.72 Å². The summed E-state index contributed by atoms with van der Waals surface area (Å²) >= 11 is 13.6. The standard InChI is InChI=1S/C13H11Cl2NO2S/c1-18-11(17)6-5-8-7-19-13(16-8)9-3-2-4-10(14)12(9)15/h2-4,7H,5-6H2,1H3. The van der Waals surface area contributed by atoms with Gasteiger partial charge in [-0.2, -0.15) is 0 Å². The molecule has 0 N–H and O–H groups in total. The molecule has 2 rings (SSSR count). The maximum Gasteiger partial charge on any atom is 0.305 e. The Balaban J connectivity index is 2.17. The van der Waals surface area contributed by atoms with Crippen LogP contribution in [0.1, 0.15) is 12.1 Å². The topological polar surface area (TPSA) is 39.2 Å². The van der Waals surface area contributed by atoms with Crippen LogP contribution in [0.25, 0.3) is 10.6 Å². The first kappa shape index (κ1) is 14.3. The van der Waals surface area contributed by atoms with Gasteiger partial charge in [0, 0.05) is 17.4 Å². The van der Waals surface area contributed by atoms with E-state index in [1.165, 1.54) is 18.4 Å². The van der Waals surface area contributed by atoms with Crippen molar-refractivity contribution < 1.29 is 9.53 Å². The molecule has 1 aromatic heterocycles. The molecule has 0 aliphatic rings. The molecule has 0 aliphatic heterocycles. The molecule has 1 heterocycles. The quantitative estimate of drug-likeness (QED) is 0.793. The number of halogens is 2. The van der Waals surface area contributed by atoms with Crippen LogP contribution in [0, 0.1) is 0 Å². The fourth-order valence-electron chi connectivity index (χ4n) is 1.55. The van der Waals surface area contributed by atoms with Gasteiger partial charge in [-0.25, -0.2) is 4.98 Å². The first-order valence-electron chi connectivity index (χ1n) is 5.57. The largest absolute Gasteiger partial charge is 0.469 e. The summed E-state index contributed by atoms with van der Waals surface area (Å²) in [5.74, 6) is -0.240. The van der Waals surface area contributed by atoms with E-state index in [-0.39, 0.29) is 5.97 Å². The van der Waals surface area contributed by atoms with Crippen LogP contribution < -0.4 is 0 Å². The number of hydrogen-bond donors (Lipinski definition) is 0. The third-order valence-electron chi connectivity index (χ3n) is 2.55. The Morgan fingerprint density at radius 3 is 2.95 bits per heavy atom. The maximum atomic E-state index is 11.1. The summed E-state index contributed by atoms with van der Waals surface area (Å²) in [6, 6.07) is 5.44. The molecule has 6 heteroatoms. The minimum atomic E-state index is -0.240. The van der Waals surface area contributed by atoms with E-state index < -0.39 is 0 Å². The first-order chi connectivity index (χ1) is 9.11. The van der Waals surface area contributed by atoms with Gasteiger partial charge in [-0.3, -0.25) is 4.79 Å². The van der Waals surface area contributed by atoms with Crippen LogP contribution in [0.15, 0.2) is 23.6 Å². The van der Waals surface area contributed by atoms with Crippen LogP contribution in [-0.2, 0) is 16.0 Å². The summed E-state index contributed by atoms with van der Waals surface area (Å²) in [4.78, 5) is 15.5. The van der Waals surface area contributed by atoms with Gasteiger partial charge in [0.25, 0.3) is 0 Å². The molecule has 100 valence electrons.